The smallest absolute Gasteiger partial charge is 0.315 e. The minimum Gasteiger partial charge on any atom is -0.338 e. The van der Waals surface area contributed by atoms with E-state index in [-0.39, 0.29) is 12.1 Å². The van der Waals surface area contributed by atoms with Gasteiger partial charge in [0.15, 0.2) is 0 Å². The van der Waals surface area contributed by atoms with Crippen molar-refractivity contribution in [2.45, 2.75) is 53.0 Å². The molecule has 0 spiro atoms. The number of aromatic nitrogens is 3. The molecule has 0 aromatic carbocycles. The number of hydrogen-bond acceptors (Lipinski definition) is 4. The van der Waals surface area contributed by atoms with Crippen LogP contribution >= 0.6 is 11.3 Å². The molecule has 0 fully saturated rings. The second kappa shape index (κ2) is 8.28. The summed E-state index contributed by atoms with van der Waals surface area (Å²) in [6.45, 7) is 8.74. The van der Waals surface area contributed by atoms with Crippen molar-refractivity contribution in [3.05, 3.63) is 33.0 Å². The molecule has 0 aliphatic carbocycles. The second-order valence-electron chi connectivity index (χ2n) is 6.26. The highest BCUT2D eigenvalue weighted by Crippen LogP contribution is 2.14. The van der Waals surface area contributed by atoms with E-state index in [1.54, 1.807) is 11.3 Å². The zero-order chi connectivity index (χ0) is 17.7. The lowest BCUT2D eigenvalue weighted by Crippen LogP contribution is -2.42. The van der Waals surface area contributed by atoms with Crippen LogP contribution in [0.4, 0.5) is 4.79 Å². The maximum Gasteiger partial charge on any atom is 0.315 e. The Bertz CT molecular complexity index is 691. The van der Waals surface area contributed by atoms with Gasteiger partial charge in [0.25, 0.3) is 0 Å². The van der Waals surface area contributed by atoms with Crippen molar-refractivity contribution in [1.29, 1.82) is 0 Å². The number of rotatable bonds is 7. The van der Waals surface area contributed by atoms with Crippen molar-refractivity contribution >= 4 is 17.4 Å². The summed E-state index contributed by atoms with van der Waals surface area (Å²) in [4.78, 5) is 16.4. The van der Waals surface area contributed by atoms with E-state index in [4.69, 9.17) is 0 Å². The van der Waals surface area contributed by atoms with E-state index >= 15 is 0 Å². The summed E-state index contributed by atoms with van der Waals surface area (Å²) >= 11 is 1.68. The Balaban J connectivity index is 1.69. The molecule has 6 nitrogen and oxygen atoms in total. The molecule has 2 N–H and O–H groups in total. The van der Waals surface area contributed by atoms with E-state index < -0.39 is 0 Å². The van der Waals surface area contributed by atoms with Gasteiger partial charge in [0.05, 0.1) is 10.7 Å². The number of carbonyl (C=O) groups is 1. The predicted octanol–water partition coefficient (Wildman–Crippen LogP) is 2.66. The standard InChI is InChI=1S/C17H27N5OS/c1-11(9-15-13(3)21-22(5)14(15)4)20-17(23)18-8-6-7-16-19-12(2)10-24-16/h10-11H,6-9H2,1-5H3,(H2,18,20,23)/t11-/m1/s1. The minimum atomic E-state index is -0.114. The van der Waals surface area contributed by atoms with Crippen LogP contribution in [-0.2, 0) is 19.9 Å². The van der Waals surface area contributed by atoms with E-state index in [0.29, 0.717) is 6.54 Å². The Morgan fingerprint density at radius 3 is 2.71 bits per heavy atom. The molecular formula is C17H27N5OS. The Morgan fingerprint density at radius 1 is 1.38 bits per heavy atom. The molecule has 2 amide bonds. The first-order valence-corrected chi connectivity index (χ1v) is 9.19. The lowest BCUT2D eigenvalue weighted by Gasteiger charge is -2.15. The summed E-state index contributed by atoms with van der Waals surface area (Å²) in [5.74, 6) is 0. The average molecular weight is 350 g/mol. The number of urea groups is 1. The van der Waals surface area contributed by atoms with E-state index in [1.165, 1.54) is 5.56 Å². The van der Waals surface area contributed by atoms with Crippen molar-refractivity contribution in [2.75, 3.05) is 6.54 Å². The third kappa shape index (κ3) is 5.06. The van der Waals surface area contributed by atoms with Gasteiger partial charge in [0, 0.05) is 42.8 Å². The van der Waals surface area contributed by atoms with Gasteiger partial charge in [-0.2, -0.15) is 5.10 Å². The SMILES string of the molecule is Cc1csc(CCCNC(=O)N[C@H](C)Cc2c(C)nn(C)c2C)n1. The maximum absolute atomic E-state index is 12.0. The quantitative estimate of drug-likeness (QED) is 0.755. The predicted molar refractivity (Wildman–Crippen MR) is 97.6 cm³/mol. The molecule has 2 heterocycles. The van der Waals surface area contributed by atoms with Crippen molar-refractivity contribution in [3.63, 3.8) is 0 Å². The van der Waals surface area contributed by atoms with Crippen molar-refractivity contribution in [3.8, 4) is 0 Å². The number of thiazole rings is 1. The highest BCUT2D eigenvalue weighted by Gasteiger charge is 2.14. The van der Waals surface area contributed by atoms with Gasteiger partial charge in [-0.25, -0.2) is 9.78 Å². The summed E-state index contributed by atoms with van der Waals surface area (Å²) in [5.41, 5.74) is 4.46. The van der Waals surface area contributed by atoms with E-state index in [9.17, 15) is 4.79 Å². The third-order valence-corrected chi connectivity index (χ3v) is 5.09. The molecular weight excluding hydrogens is 322 g/mol. The topological polar surface area (TPSA) is 71.8 Å². The van der Waals surface area contributed by atoms with Crippen molar-refractivity contribution in [2.24, 2.45) is 7.05 Å². The molecule has 2 rings (SSSR count). The summed E-state index contributed by atoms with van der Waals surface area (Å²) in [5, 5.41) is 13.5. The second-order valence-corrected chi connectivity index (χ2v) is 7.21. The fourth-order valence-corrected chi connectivity index (χ4v) is 3.52. The summed E-state index contributed by atoms with van der Waals surface area (Å²) < 4.78 is 1.89. The van der Waals surface area contributed by atoms with Gasteiger partial charge in [-0.3, -0.25) is 4.68 Å². The monoisotopic (exact) mass is 349 g/mol. The number of nitrogens with one attached hydrogen (secondary N) is 2. The zero-order valence-corrected chi connectivity index (χ0v) is 16.0. The fourth-order valence-electron chi connectivity index (χ4n) is 2.70. The van der Waals surface area contributed by atoms with Crippen LogP contribution in [-0.4, -0.2) is 33.4 Å². The lowest BCUT2D eigenvalue weighted by molar-refractivity contribution is 0.237. The Labute approximate surface area is 147 Å². The fraction of sp³-hybridized carbons (Fsp3) is 0.588. The van der Waals surface area contributed by atoms with Gasteiger partial charge in [-0.1, -0.05) is 0 Å². The molecule has 0 radical (unpaired) electrons. The van der Waals surface area contributed by atoms with Crippen LogP contribution in [0, 0.1) is 20.8 Å². The molecule has 0 unspecified atom stereocenters. The van der Waals surface area contributed by atoms with Crippen LogP contribution in [0.15, 0.2) is 5.38 Å². The molecule has 0 saturated heterocycles. The number of amides is 2. The number of hydrogen-bond donors (Lipinski definition) is 2. The Morgan fingerprint density at radius 2 is 2.12 bits per heavy atom. The van der Waals surface area contributed by atoms with Gasteiger partial charge in [-0.15, -0.1) is 11.3 Å². The first kappa shape index (κ1) is 18.4. The number of aryl methyl sites for hydroxylation is 4. The van der Waals surface area contributed by atoms with E-state index in [2.05, 4.69) is 33.0 Å². The van der Waals surface area contributed by atoms with Crippen LogP contribution < -0.4 is 10.6 Å². The van der Waals surface area contributed by atoms with Gasteiger partial charge >= 0.3 is 6.03 Å². The molecule has 7 heteroatoms. The molecule has 0 aliphatic heterocycles. The van der Waals surface area contributed by atoms with Crippen LogP contribution in [0.3, 0.4) is 0 Å². The molecule has 2 aromatic heterocycles. The van der Waals surface area contributed by atoms with Gasteiger partial charge < -0.3 is 10.6 Å². The maximum atomic E-state index is 12.0. The normalized spacial score (nSPS) is 12.2. The Hall–Kier alpha value is -1.89. The van der Waals surface area contributed by atoms with Crippen molar-refractivity contribution < 1.29 is 4.79 Å². The Kier molecular flexibility index (Phi) is 6.36. The molecule has 1 atom stereocenters. The van der Waals surface area contributed by atoms with E-state index in [0.717, 1.165) is 41.4 Å². The first-order valence-electron chi connectivity index (χ1n) is 8.31. The summed E-state index contributed by atoms with van der Waals surface area (Å²) in [6, 6.07) is -0.0507. The molecule has 2 aromatic rings. The number of carbonyl (C=O) groups excluding carboxylic acids is 1. The molecule has 132 valence electrons. The molecule has 0 aliphatic rings. The van der Waals surface area contributed by atoms with Gasteiger partial charge in [-0.05, 0) is 46.1 Å². The van der Waals surface area contributed by atoms with Crippen LogP contribution in [0.1, 0.15) is 41.0 Å². The first-order chi connectivity index (χ1) is 11.4. The summed E-state index contributed by atoms with van der Waals surface area (Å²) in [6.07, 6.45) is 2.59. The minimum absolute atomic E-state index is 0.0632. The average Bonchev–Trinajstić information content (AvgIpc) is 3.02. The number of nitrogens with zero attached hydrogens (tertiary/aromatic N) is 3. The summed E-state index contributed by atoms with van der Waals surface area (Å²) in [7, 11) is 1.95. The lowest BCUT2D eigenvalue weighted by atomic mass is 10.1. The molecule has 24 heavy (non-hydrogen) atoms. The third-order valence-electron chi connectivity index (χ3n) is 4.07. The largest absolute Gasteiger partial charge is 0.338 e. The van der Waals surface area contributed by atoms with Crippen LogP contribution in [0.2, 0.25) is 0 Å². The molecule has 0 saturated carbocycles. The highest BCUT2D eigenvalue weighted by atomic mass is 32.1. The van der Waals surface area contributed by atoms with Gasteiger partial charge in [0.2, 0.25) is 0 Å². The van der Waals surface area contributed by atoms with Crippen LogP contribution in [0.5, 0.6) is 0 Å². The van der Waals surface area contributed by atoms with Crippen LogP contribution in [0.25, 0.3) is 0 Å². The van der Waals surface area contributed by atoms with Gasteiger partial charge in [0.1, 0.15) is 0 Å². The van der Waals surface area contributed by atoms with E-state index in [1.807, 2.05) is 32.5 Å². The van der Waals surface area contributed by atoms with Crippen molar-refractivity contribution in [1.82, 2.24) is 25.4 Å². The highest BCUT2D eigenvalue weighted by molar-refractivity contribution is 7.09. The zero-order valence-electron chi connectivity index (χ0n) is 15.1. The molecule has 0 bridgehead atoms.